The Morgan fingerprint density at radius 1 is 1.07 bits per heavy atom. The number of allylic oxidation sites excluding steroid dienone is 1. The van der Waals surface area contributed by atoms with Crippen LogP contribution in [0.15, 0.2) is 12.2 Å². The fourth-order valence-electron chi connectivity index (χ4n) is 2.28. The molecule has 0 saturated carbocycles. The largest absolute Gasteiger partial charge is 0.375 e. The Hall–Kier alpha value is -0.340. The summed E-state index contributed by atoms with van der Waals surface area (Å²) in [4.78, 5) is 2.39. The van der Waals surface area contributed by atoms with Crippen molar-refractivity contribution in [2.45, 2.75) is 44.3 Å². The van der Waals surface area contributed by atoms with Crippen LogP contribution in [-0.4, -0.2) is 37.2 Å². The molecule has 1 aliphatic carbocycles. The first-order valence-corrected chi connectivity index (χ1v) is 5.83. The lowest BCUT2D eigenvalue weighted by molar-refractivity contribution is -0.0423. The van der Waals surface area contributed by atoms with E-state index in [2.05, 4.69) is 24.1 Å². The minimum atomic E-state index is 0.508. The van der Waals surface area contributed by atoms with Crippen LogP contribution in [0.25, 0.3) is 0 Å². The average molecular weight is 195 g/mol. The van der Waals surface area contributed by atoms with Gasteiger partial charge in [0, 0.05) is 13.1 Å². The van der Waals surface area contributed by atoms with Crippen molar-refractivity contribution < 1.29 is 4.74 Å². The number of likely N-dealkylation sites (tertiary alicyclic amines) is 1. The second-order valence-corrected chi connectivity index (χ2v) is 4.55. The highest BCUT2D eigenvalue weighted by Crippen LogP contribution is 2.20. The second-order valence-electron chi connectivity index (χ2n) is 4.55. The summed E-state index contributed by atoms with van der Waals surface area (Å²) >= 11 is 0. The SMILES string of the molecule is CN1CCC(OC2CC=CCC2)CC1. The van der Waals surface area contributed by atoms with Crippen LogP contribution in [0.1, 0.15) is 32.1 Å². The van der Waals surface area contributed by atoms with Crippen LogP contribution in [0.4, 0.5) is 0 Å². The lowest BCUT2D eigenvalue weighted by Gasteiger charge is -2.32. The molecular formula is C12H21NO. The number of ether oxygens (including phenoxy) is 1. The summed E-state index contributed by atoms with van der Waals surface area (Å²) in [6.45, 7) is 2.40. The van der Waals surface area contributed by atoms with Crippen LogP contribution >= 0.6 is 0 Å². The number of nitrogens with zero attached hydrogens (tertiary/aromatic N) is 1. The topological polar surface area (TPSA) is 12.5 Å². The van der Waals surface area contributed by atoms with E-state index in [1.54, 1.807) is 0 Å². The predicted molar refractivity (Wildman–Crippen MR) is 58.4 cm³/mol. The summed E-state index contributed by atoms with van der Waals surface area (Å²) in [5.74, 6) is 0. The van der Waals surface area contributed by atoms with Crippen LogP contribution in [0, 0.1) is 0 Å². The summed E-state index contributed by atoms with van der Waals surface area (Å²) in [6, 6.07) is 0. The van der Waals surface area contributed by atoms with E-state index >= 15 is 0 Å². The van der Waals surface area contributed by atoms with Crippen molar-refractivity contribution in [1.82, 2.24) is 4.90 Å². The minimum Gasteiger partial charge on any atom is -0.375 e. The van der Waals surface area contributed by atoms with Gasteiger partial charge in [0.1, 0.15) is 0 Å². The average Bonchev–Trinajstić information content (AvgIpc) is 2.23. The molecule has 0 aromatic heterocycles. The first-order chi connectivity index (χ1) is 6.84. The van der Waals surface area contributed by atoms with E-state index in [1.165, 1.54) is 38.8 Å². The van der Waals surface area contributed by atoms with Crippen molar-refractivity contribution in [3.05, 3.63) is 12.2 Å². The molecule has 0 amide bonds. The third-order valence-electron chi connectivity index (χ3n) is 3.27. The van der Waals surface area contributed by atoms with Crippen LogP contribution in [0.2, 0.25) is 0 Å². The Balaban J connectivity index is 1.72. The van der Waals surface area contributed by atoms with Crippen LogP contribution in [0.5, 0.6) is 0 Å². The summed E-state index contributed by atoms with van der Waals surface area (Å²) in [6.07, 6.45) is 11.6. The molecule has 0 N–H and O–H groups in total. The number of rotatable bonds is 2. The molecule has 0 aromatic carbocycles. The molecule has 1 unspecified atom stereocenters. The van der Waals surface area contributed by atoms with Gasteiger partial charge in [0.05, 0.1) is 12.2 Å². The van der Waals surface area contributed by atoms with Crippen molar-refractivity contribution in [2.24, 2.45) is 0 Å². The Bertz CT molecular complexity index is 194. The van der Waals surface area contributed by atoms with Gasteiger partial charge in [-0.2, -0.15) is 0 Å². The van der Waals surface area contributed by atoms with Gasteiger partial charge in [-0.3, -0.25) is 0 Å². The first kappa shape index (κ1) is 10.2. The molecule has 1 saturated heterocycles. The quantitative estimate of drug-likeness (QED) is 0.626. The van der Waals surface area contributed by atoms with E-state index in [9.17, 15) is 0 Å². The zero-order chi connectivity index (χ0) is 9.80. The van der Waals surface area contributed by atoms with Crippen molar-refractivity contribution in [1.29, 1.82) is 0 Å². The van der Waals surface area contributed by atoms with Crippen LogP contribution < -0.4 is 0 Å². The van der Waals surface area contributed by atoms with E-state index in [1.807, 2.05) is 0 Å². The molecule has 0 radical (unpaired) electrons. The maximum atomic E-state index is 6.10. The molecule has 2 nitrogen and oxygen atoms in total. The van der Waals surface area contributed by atoms with Gasteiger partial charge in [0.15, 0.2) is 0 Å². The molecule has 0 spiro atoms. The third kappa shape index (κ3) is 2.82. The maximum Gasteiger partial charge on any atom is 0.0616 e. The summed E-state index contributed by atoms with van der Waals surface area (Å²) in [7, 11) is 2.19. The van der Waals surface area contributed by atoms with E-state index in [0.29, 0.717) is 12.2 Å². The summed E-state index contributed by atoms with van der Waals surface area (Å²) in [5.41, 5.74) is 0. The standard InChI is InChI=1S/C12H21NO/c1-13-9-7-12(8-10-13)14-11-5-3-2-4-6-11/h2-3,11-12H,4-10H2,1H3. The fourth-order valence-corrected chi connectivity index (χ4v) is 2.28. The number of piperidine rings is 1. The lowest BCUT2D eigenvalue weighted by Crippen LogP contribution is -2.36. The van der Waals surface area contributed by atoms with Gasteiger partial charge >= 0.3 is 0 Å². The number of hydrogen-bond acceptors (Lipinski definition) is 2. The van der Waals surface area contributed by atoms with Gasteiger partial charge in [-0.15, -0.1) is 0 Å². The number of hydrogen-bond donors (Lipinski definition) is 0. The molecule has 2 rings (SSSR count). The lowest BCUT2D eigenvalue weighted by atomic mass is 10.0. The van der Waals surface area contributed by atoms with Gasteiger partial charge in [0.25, 0.3) is 0 Å². The summed E-state index contributed by atoms with van der Waals surface area (Å²) < 4.78 is 6.10. The molecule has 2 heteroatoms. The summed E-state index contributed by atoms with van der Waals surface area (Å²) in [5, 5.41) is 0. The molecule has 14 heavy (non-hydrogen) atoms. The molecule has 1 heterocycles. The van der Waals surface area contributed by atoms with E-state index in [4.69, 9.17) is 4.74 Å². The van der Waals surface area contributed by atoms with Crippen molar-refractivity contribution in [3.63, 3.8) is 0 Å². The molecule has 2 aliphatic rings. The highest BCUT2D eigenvalue weighted by atomic mass is 16.5. The van der Waals surface area contributed by atoms with Crippen LogP contribution in [0.3, 0.4) is 0 Å². The van der Waals surface area contributed by atoms with Crippen molar-refractivity contribution in [3.8, 4) is 0 Å². The molecule has 1 aliphatic heterocycles. The Morgan fingerprint density at radius 2 is 1.86 bits per heavy atom. The van der Waals surface area contributed by atoms with Gasteiger partial charge in [-0.25, -0.2) is 0 Å². The molecular weight excluding hydrogens is 174 g/mol. The monoisotopic (exact) mass is 195 g/mol. The molecule has 1 atom stereocenters. The molecule has 0 bridgehead atoms. The Labute approximate surface area is 86.9 Å². The first-order valence-electron chi connectivity index (χ1n) is 5.83. The fraction of sp³-hybridized carbons (Fsp3) is 0.833. The smallest absolute Gasteiger partial charge is 0.0616 e. The molecule has 1 fully saturated rings. The Kier molecular flexibility index (Phi) is 3.60. The molecule has 80 valence electrons. The van der Waals surface area contributed by atoms with Crippen molar-refractivity contribution >= 4 is 0 Å². The van der Waals surface area contributed by atoms with Gasteiger partial charge in [0.2, 0.25) is 0 Å². The van der Waals surface area contributed by atoms with Crippen molar-refractivity contribution in [2.75, 3.05) is 20.1 Å². The second kappa shape index (κ2) is 4.94. The zero-order valence-electron chi connectivity index (χ0n) is 9.11. The highest BCUT2D eigenvalue weighted by Gasteiger charge is 2.21. The normalized spacial score (nSPS) is 30.8. The predicted octanol–water partition coefficient (Wildman–Crippen LogP) is 2.21. The van der Waals surface area contributed by atoms with E-state index in [-0.39, 0.29) is 0 Å². The third-order valence-corrected chi connectivity index (χ3v) is 3.27. The van der Waals surface area contributed by atoms with E-state index in [0.717, 1.165) is 6.42 Å². The van der Waals surface area contributed by atoms with E-state index < -0.39 is 0 Å². The van der Waals surface area contributed by atoms with Gasteiger partial charge in [-0.05, 0) is 39.2 Å². The molecule has 0 aromatic rings. The maximum absolute atomic E-state index is 6.10. The zero-order valence-corrected chi connectivity index (χ0v) is 9.11. The highest BCUT2D eigenvalue weighted by molar-refractivity contribution is 4.91. The minimum absolute atomic E-state index is 0.508. The van der Waals surface area contributed by atoms with Gasteiger partial charge < -0.3 is 9.64 Å². The Morgan fingerprint density at radius 3 is 2.50 bits per heavy atom. The van der Waals surface area contributed by atoms with Gasteiger partial charge in [-0.1, -0.05) is 12.2 Å². The van der Waals surface area contributed by atoms with Crippen LogP contribution in [-0.2, 0) is 4.74 Å².